The third-order valence-electron chi connectivity index (χ3n) is 2.99. The van der Waals surface area contributed by atoms with Crippen LogP contribution in [0.25, 0.3) is 11.4 Å². The van der Waals surface area contributed by atoms with Gasteiger partial charge >= 0.3 is 0 Å². The van der Waals surface area contributed by atoms with Crippen molar-refractivity contribution in [2.24, 2.45) is 0 Å². The second-order valence-electron chi connectivity index (χ2n) is 4.23. The SMILES string of the molecule is Cc1cc(Br)ccc1-c1ncc2c(n1)CNC2. The molecule has 0 atom stereocenters. The van der Waals surface area contributed by atoms with E-state index in [1.807, 2.05) is 12.3 Å². The molecule has 1 aliphatic heterocycles. The summed E-state index contributed by atoms with van der Waals surface area (Å²) >= 11 is 3.47. The highest BCUT2D eigenvalue weighted by Crippen LogP contribution is 2.24. The van der Waals surface area contributed by atoms with E-state index in [2.05, 4.69) is 50.3 Å². The Morgan fingerprint density at radius 2 is 2.18 bits per heavy atom. The molecule has 0 fully saturated rings. The number of hydrogen-bond acceptors (Lipinski definition) is 3. The van der Waals surface area contributed by atoms with Crippen molar-refractivity contribution in [3.63, 3.8) is 0 Å². The van der Waals surface area contributed by atoms with E-state index in [9.17, 15) is 0 Å². The first kappa shape index (κ1) is 10.9. The zero-order chi connectivity index (χ0) is 11.8. The first-order valence-corrected chi connectivity index (χ1v) is 6.35. The van der Waals surface area contributed by atoms with Crippen molar-refractivity contribution in [1.29, 1.82) is 0 Å². The van der Waals surface area contributed by atoms with Crippen molar-refractivity contribution >= 4 is 15.9 Å². The van der Waals surface area contributed by atoms with E-state index in [0.717, 1.165) is 34.6 Å². The number of benzene rings is 1. The molecule has 0 unspecified atom stereocenters. The molecule has 3 rings (SSSR count). The van der Waals surface area contributed by atoms with Gasteiger partial charge in [-0.1, -0.05) is 15.9 Å². The summed E-state index contributed by atoms with van der Waals surface area (Å²) in [7, 11) is 0. The van der Waals surface area contributed by atoms with Gasteiger partial charge in [0.25, 0.3) is 0 Å². The van der Waals surface area contributed by atoms with Crippen molar-refractivity contribution in [2.75, 3.05) is 0 Å². The van der Waals surface area contributed by atoms with Gasteiger partial charge in [0.15, 0.2) is 5.82 Å². The normalized spacial score (nSPS) is 13.8. The van der Waals surface area contributed by atoms with E-state index in [4.69, 9.17) is 0 Å². The molecule has 17 heavy (non-hydrogen) atoms. The maximum absolute atomic E-state index is 4.63. The zero-order valence-electron chi connectivity index (χ0n) is 9.50. The fraction of sp³-hybridized carbons (Fsp3) is 0.231. The summed E-state index contributed by atoms with van der Waals surface area (Å²) in [5.74, 6) is 0.817. The Kier molecular flexibility index (Phi) is 2.68. The van der Waals surface area contributed by atoms with Crippen LogP contribution in [-0.2, 0) is 13.1 Å². The minimum Gasteiger partial charge on any atom is -0.307 e. The third kappa shape index (κ3) is 1.98. The van der Waals surface area contributed by atoms with Crippen molar-refractivity contribution in [2.45, 2.75) is 20.0 Å². The van der Waals surface area contributed by atoms with Crippen LogP contribution in [0.3, 0.4) is 0 Å². The first-order chi connectivity index (χ1) is 8.24. The quantitative estimate of drug-likeness (QED) is 0.877. The van der Waals surface area contributed by atoms with Crippen LogP contribution in [0.5, 0.6) is 0 Å². The molecule has 0 spiro atoms. The largest absolute Gasteiger partial charge is 0.307 e. The Bertz CT molecular complexity index is 581. The van der Waals surface area contributed by atoms with Crippen LogP contribution < -0.4 is 5.32 Å². The minimum atomic E-state index is 0.817. The molecule has 2 aromatic rings. The Morgan fingerprint density at radius 1 is 1.29 bits per heavy atom. The smallest absolute Gasteiger partial charge is 0.159 e. The van der Waals surface area contributed by atoms with Crippen molar-refractivity contribution in [3.05, 3.63) is 45.7 Å². The summed E-state index contributed by atoms with van der Waals surface area (Å²) in [6.45, 7) is 3.81. The Labute approximate surface area is 108 Å². The zero-order valence-corrected chi connectivity index (χ0v) is 11.1. The van der Waals surface area contributed by atoms with Gasteiger partial charge < -0.3 is 5.32 Å². The Hall–Kier alpha value is -1.26. The number of aromatic nitrogens is 2. The van der Waals surface area contributed by atoms with Crippen LogP contribution in [0.2, 0.25) is 0 Å². The van der Waals surface area contributed by atoms with Gasteiger partial charge in [0, 0.05) is 34.9 Å². The van der Waals surface area contributed by atoms with Crippen LogP contribution in [0.4, 0.5) is 0 Å². The highest BCUT2D eigenvalue weighted by molar-refractivity contribution is 9.10. The summed E-state index contributed by atoms with van der Waals surface area (Å²) in [6, 6.07) is 6.17. The molecule has 4 heteroatoms. The molecule has 0 aliphatic carbocycles. The molecule has 86 valence electrons. The summed E-state index contributed by atoms with van der Waals surface area (Å²) < 4.78 is 1.08. The molecule has 0 bridgehead atoms. The summed E-state index contributed by atoms with van der Waals surface area (Å²) in [6.07, 6.45) is 1.93. The van der Waals surface area contributed by atoms with E-state index in [1.165, 1.54) is 11.1 Å². The molecule has 1 N–H and O–H groups in total. The highest BCUT2D eigenvalue weighted by Gasteiger charge is 2.14. The molecule has 0 saturated heterocycles. The fourth-order valence-electron chi connectivity index (χ4n) is 2.07. The second-order valence-corrected chi connectivity index (χ2v) is 5.14. The summed E-state index contributed by atoms with van der Waals surface area (Å²) in [5, 5.41) is 3.28. The Morgan fingerprint density at radius 3 is 3.00 bits per heavy atom. The third-order valence-corrected chi connectivity index (χ3v) is 3.48. The number of nitrogens with one attached hydrogen (secondary N) is 1. The number of hydrogen-bond donors (Lipinski definition) is 1. The first-order valence-electron chi connectivity index (χ1n) is 5.56. The van der Waals surface area contributed by atoms with E-state index >= 15 is 0 Å². The van der Waals surface area contributed by atoms with Crippen LogP contribution in [0, 0.1) is 6.92 Å². The van der Waals surface area contributed by atoms with Crippen LogP contribution in [0.15, 0.2) is 28.9 Å². The van der Waals surface area contributed by atoms with Crippen molar-refractivity contribution < 1.29 is 0 Å². The molecule has 3 nitrogen and oxygen atoms in total. The van der Waals surface area contributed by atoms with Gasteiger partial charge in [-0.2, -0.15) is 0 Å². The van der Waals surface area contributed by atoms with Gasteiger partial charge in [-0.3, -0.25) is 0 Å². The molecule has 1 aromatic carbocycles. The van der Waals surface area contributed by atoms with Gasteiger partial charge in [-0.15, -0.1) is 0 Å². The predicted molar refractivity (Wildman–Crippen MR) is 70.4 cm³/mol. The number of rotatable bonds is 1. The number of aryl methyl sites for hydroxylation is 1. The number of fused-ring (bicyclic) bond motifs is 1. The maximum Gasteiger partial charge on any atom is 0.159 e. The van der Waals surface area contributed by atoms with Crippen LogP contribution in [-0.4, -0.2) is 9.97 Å². The molecule has 0 saturated carbocycles. The standard InChI is InChI=1S/C13H12BrN3/c1-8-4-10(14)2-3-11(8)13-16-6-9-5-15-7-12(9)17-13/h2-4,6,15H,5,7H2,1H3. The van der Waals surface area contributed by atoms with Crippen LogP contribution >= 0.6 is 15.9 Å². The monoisotopic (exact) mass is 289 g/mol. The lowest BCUT2D eigenvalue weighted by molar-refractivity contribution is 0.758. The fourth-order valence-corrected chi connectivity index (χ4v) is 2.54. The number of halogens is 1. The van der Waals surface area contributed by atoms with Gasteiger partial charge in [0.2, 0.25) is 0 Å². The molecule has 1 aliphatic rings. The lowest BCUT2D eigenvalue weighted by Crippen LogP contribution is -2.00. The molecule has 0 radical (unpaired) electrons. The van der Waals surface area contributed by atoms with Crippen molar-refractivity contribution in [1.82, 2.24) is 15.3 Å². The van der Waals surface area contributed by atoms with Gasteiger partial charge in [-0.05, 0) is 30.7 Å². The average Bonchev–Trinajstić information content (AvgIpc) is 2.75. The van der Waals surface area contributed by atoms with E-state index in [-0.39, 0.29) is 0 Å². The maximum atomic E-state index is 4.63. The van der Waals surface area contributed by atoms with Gasteiger partial charge in [0.05, 0.1) is 5.69 Å². The Balaban J connectivity index is 2.09. The molecule has 0 amide bonds. The average molecular weight is 290 g/mol. The predicted octanol–water partition coefficient (Wildman–Crippen LogP) is 2.82. The highest BCUT2D eigenvalue weighted by atomic mass is 79.9. The van der Waals surface area contributed by atoms with E-state index in [0.29, 0.717) is 0 Å². The second kappa shape index (κ2) is 4.20. The van der Waals surface area contributed by atoms with Crippen LogP contribution in [0.1, 0.15) is 16.8 Å². The van der Waals surface area contributed by atoms with Crippen molar-refractivity contribution in [3.8, 4) is 11.4 Å². The minimum absolute atomic E-state index is 0.817. The summed E-state index contributed by atoms with van der Waals surface area (Å²) in [4.78, 5) is 9.07. The molecular formula is C13H12BrN3. The number of nitrogens with zero attached hydrogens (tertiary/aromatic N) is 2. The molecule has 2 heterocycles. The van der Waals surface area contributed by atoms with Gasteiger partial charge in [0.1, 0.15) is 0 Å². The molecular weight excluding hydrogens is 278 g/mol. The van der Waals surface area contributed by atoms with E-state index < -0.39 is 0 Å². The lowest BCUT2D eigenvalue weighted by atomic mass is 10.1. The topological polar surface area (TPSA) is 37.8 Å². The lowest BCUT2D eigenvalue weighted by Gasteiger charge is -2.06. The summed E-state index contributed by atoms with van der Waals surface area (Å²) in [5.41, 5.74) is 4.62. The van der Waals surface area contributed by atoms with E-state index in [1.54, 1.807) is 0 Å². The van der Waals surface area contributed by atoms with Gasteiger partial charge in [-0.25, -0.2) is 9.97 Å². The molecule has 1 aromatic heterocycles.